The number of nitrogens with zero attached hydrogens (tertiary/aromatic N) is 2. The van der Waals surface area contributed by atoms with Crippen LogP contribution in [0.5, 0.6) is 11.5 Å². The van der Waals surface area contributed by atoms with E-state index in [0.29, 0.717) is 5.75 Å². The van der Waals surface area contributed by atoms with Gasteiger partial charge in [0.05, 0.1) is 11.1 Å². The molecule has 0 atom stereocenters. The summed E-state index contributed by atoms with van der Waals surface area (Å²) < 4.78 is 5.30. The van der Waals surface area contributed by atoms with Gasteiger partial charge in [-0.2, -0.15) is 5.10 Å². The van der Waals surface area contributed by atoms with Gasteiger partial charge in [-0.15, -0.1) is 0 Å². The summed E-state index contributed by atoms with van der Waals surface area (Å²) in [4.78, 5) is 21.7. The average Bonchev–Trinajstić information content (AvgIpc) is 2.55. The van der Waals surface area contributed by atoms with Gasteiger partial charge in [0, 0.05) is 16.7 Å². The molecule has 2 aromatic rings. The minimum Gasteiger partial charge on any atom is -0.502 e. The smallest absolute Gasteiger partial charge is 0.312 e. The van der Waals surface area contributed by atoms with Crippen molar-refractivity contribution in [1.82, 2.24) is 5.43 Å². The van der Waals surface area contributed by atoms with Crippen LogP contribution in [-0.2, 0) is 4.79 Å². The third-order valence-corrected chi connectivity index (χ3v) is 3.25. The fourth-order valence-electron chi connectivity index (χ4n) is 1.90. The standard InChI is InChI=1S/C16H14ClN3O5/c1-10-3-2-4-13(5-10)25-9-15(21)19-18-8-11-6-12(17)7-14(16(11)22)20(23)24/h2-8,22H,9H2,1H3,(H,19,21)/b18-8-. The Morgan fingerprint density at radius 1 is 1.44 bits per heavy atom. The van der Waals surface area contributed by atoms with Crippen molar-refractivity contribution in [1.29, 1.82) is 0 Å². The number of hydrogen-bond donors (Lipinski definition) is 2. The maximum absolute atomic E-state index is 11.7. The quantitative estimate of drug-likeness (QED) is 0.465. The monoisotopic (exact) mass is 363 g/mol. The Hall–Kier alpha value is -3.13. The molecule has 0 fully saturated rings. The number of ether oxygens (including phenoxy) is 1. The van der Waals surface area contributed by atoms with Gasteiger partial charge in [-0.1, -0.05) is 23.7 Å². The van der Waals surface area contributed by atoms with Crippen molar-refractivity contribution in [3.8, 4) is 11.5 Å². The fourth-order valence-corrected chi connectivity index (χ4v) is 2.12. The Kier molecular flexibility index (Phi) is 5.91. The normalized spacial score (nSPS) is 10.6. The summed E-state index contributed by atoms with van der Waals surface area (Å²) in [6.07, 6.45) is 1.05. The molecule has 0 spiro atoms. The summed E-state index contributed by atoms with van der Waals surface area (Å²) in [7, 11) is 0. The summed E-state index contributed by atoms with van der Waals surface area (Å²) in [5, 5.41) is 24.3. The van der Waals surface area contributed by atoms with Crippen LogP contribution in [0.1, 0.15) is 11.1 Å². The maximum Gasteiger partial charge on any atom is 0.312 e. The number of carbonyl (C=O) groups excluding carboxylic acids is 1. The highest BCUT2D eigenvalue weighted by Crippen LogP contribution is 2.32. The molecular weight excluding hydrogens is 350 g/mol. The number of nitrogens with one attached hydrogen (secondary N) is 1. The number of phenolic OH excluding ortho intramolecular Hbond substituents is 1. The number of rotatable bonds is 6. The summed E-state index contributed by atoms with van der Waals surface area (Å²) in [5.41, 5.74) is 2.63. The first-order chi connectivity index (χ1) is 11.9. The molecule has 2 aromatic carbocycles. The number of hydrazone groups is 1. The lowest BCUT2D eigenvalue weighted by molar-refractivity contribution is -0.385. The van der Waals surface area contributed by atoms with E-state index in [1.165, 1.54) is 6.07 Å². The molecule has 0 unspecified atom stereocenters. The number of aryl methyl sites for hydroxylation is 1. The summed E-state index contributed by atoms with van der Waals surface area (Å²) in [5.74, 6) is -0.584. The molecule has 0 aliphatic rings. The molecule has 0 bridgehead atoms. The second-order valence-electron chi connectivity index (χ2n) is 5.02. The highest BCUT2D eigenvalue weighted by Gasteiger charge is 2.17. The third kappa shape index (κ3) is 5.18. The van der Waals surface area contributed by atoms with Crippen molar-refractivity contribution in [3.63, 3.8) is 0 Å². The van der Waals surface area contributed by atoms with E-state index in [-0.39, 0.29) is 17.2 Å². The van der Waals surface area contributed by atoms with Gasteiger partial charge in [-0.05, 0) is 30.7 Å². The number of phenols is 1. The van der Waals surface area contributed by atoms with E-state index in [1.807, 2.05) is 13.0 Å². The predicted molar refractivity (Wildman–Crippen MR) is 92.2 cm³/mol. The largest absolute Gasteiger partial charge is 0.502 e. The molecule has 9 heteroatoms. The van der Waals surface area contributed by atoms with Crippen LogP contribution < -0.4 is 10.2 Å². The number of halogens is 1. The zero-order valence-corrected chi connectivity index (χ0v) is 13.9. The number of nitro benzene ring substituents is 1. The fraction of sp³-hybridized carbons (Fsp3) is 0.125. The average molecular weight is 364 g/mol. The van der Waals surface area contributed by atoms with Crippen LogP contribution in [0.15, 0.2) is 41.5 Å². The van der Waals surface area contributed by atoms with Crippen LogP contribution in [0.2, 0.25) is 5.02 Å². The van der Waals surface area contributed by atoms with E-state index in [4.69, 9.17) is 16.3 Å². The summed E-state index contributed by atoms with van der Waals surface area (Å²) in [6, 6.07) is 9.49. The first-order valence-electron chi connectivity index (χ1n) is 7.05. The molecule has 0 heterocycles. The molecule has 0 aromatic heterocycles. The zero-order chi connectivity index (χ0) is 18.4. The molecule has 2 N–H and O–H groups in total. The molecule has 0 saturated heterocycles. The van der Waals surface area contributed by atoms with E-state index in [9.17, 15) is 20.0 Å². The highest BCUT2D eigenvalue weighted by molar-refractivity contribution is 6.31. The molecule has 0 aliphatic carbocycles. The Labute approximate surface area is 147 Å². The molecule has 8 nitrogen and oxygen atoms in total. The topological polar surface area (TPSA) is 114 Å². The summed E-state index contributed by atoms with van der Waals surface area (Å²) in [6.45, 7) is 1.64. The lowest BCUT2D eigenvalue weighted by Gasteiger charge is -2.05. The van der Waals surface area contributed by atoms with Crippen LogP contribution in [0.4, 0.5) is 5.69 Å². The second-order valence-corrected chi connectivity index (χ2v) is 5.45. The molecule has 0 saturated carbocycles. The first-order valence-corrected chi connectivity index (χ1v) is 7.43. The third-order valence-electron chi connectivity index (χ3n) is 3.03. The minimum absolute atomic E-state index is 0.000831. The lowest BCUT2D eigenvalue weighted by Crippen LogP contribution is -2.24. The van der Waals surface area contributed by atoms with E-state index in [2.05, 4.69) is 10.5 Å². The highest BCUT2D eigenvalue weighted by atomic mass is 35.5. The molecule has 0 aliphatic heterocycles. The Morgan fingerprint density at radius 2 is 2.20 bits per heavy atom. The van der Waals surface area contributed by atoms with E-state index >= 15 is 0 Å². The number of benzene rings is 2. The van der Waals surface area contributed by atoms with Gasteiger partial charge in [0.1, 0.15) is 5.75 Å². The van der Waals surface area contributed by atoms with Crippen LogP contribution in [0.3, 0.4) is 0 Å². The number of aromatic hydroxyl groups is 1. The number of nitro groups is 1. The summed E-state index contributed by atoms with van der Waals surface area (Å²) >= 11 is 5.75. The SMILES string of the molecule is Cc1cccc(OCC(=O)N/N=C\c2cc(Cl)cc([N+](=O)[O-])c2O)c1. The number of amides is 1. The van der Waals surface area contributed by atoms with Crippen LogP contribution >= 0.6 is 11.6 Å². The van der Waals surface area contributed by atoms with Gasteiger partial charge in [0.15, 0.2) is 6.61 Å². The predicted octanol–water partition coefficient (Wildman–Crippen LogP) is 2.79. The van der Waals surface area contributed by atoms with E-state index < -0.39 is 22.3 Å². The van der Waals surface area contributed by atoms with Gasteiger partial charge in [-0.3, -0.25) is 14.9 Å². The maximum atomic E-state index is 11.7. The Bertz CT molecular complexity index is 839. The van der Waals surface area contributed by atoms with Crippen molar-refractivity contribution >= 4 is 29.4 Å². The van der Waals surface area contributed by atoms with Crippen molar-refractivity contribution in [2.75, 3.05) is 6.61 Å². The number of carbonyl (C=O) groups is 1. The van der Waals surface area contributed by atoms with E-state index in [1.54, 1.807) is 18.2 Å². The molecule has 1 amide bonds. The second kappa shape index (κ2) is 8.11. The van der Waals surface area contributed by atoms with Crippen LogP contribution in [0.25, 0.3) is 0 Å². The van der Waals surface area contributed by atoms with Gasteiger partial charge in [0.2, 0.25) is 5.75 Å². The Balaban J connectivity index is 1.96. The van der Waals surface area contributed by atoms with Crippen LogP contribution in [0, 0.1) is 17.0 Å². The Morgan fingerprint density at radius 3 is 2.88 bits per heavy atom. The van der Waals surface area contributed by atoms with Crippen molar-refractivity contribution in [2.45, 2.75) is 6.92 Å². The van der Waals surface area contributed by atoms with Gasteiger partial charge in [0.25, 0.3) is 5.91 Å². The molecule has 25 heavy (non-hydrogen) atoms. The van der Waals surface area contributed by atoms with Gasteiger partial charge in [-0.25, -0.2) is 5.43 Å². The van der Waals surface area contributed by atoms with Crippen molar-refractivity contribution in [2.24, 2.45) is 5.10 Å². The molecule has 0 radical (unpaired) electrons. The minimum atomic E-state index is -0.771. The van der Waals surface area contributed by atoms with Crippen molar-refractivity contribution < 1.29 is 19.6 Å². The van der Waals surface area contributed by atoms with E-state index in [0.717, 1.165) is 17.8 Å². The molecule has 2 rings (SSSR count). The van der Waals surface area contributed by atoms with Crippen molar-refractivity contribution in [3.05, 3.63) is 62.7 Å². The zero-order valence-electron chi connectivity index (χ0n) is 13.1. The van der Waals surface area contributed by atoms with Gasteiger partial charge < -0.3 is 9.84 Å². The van der Waals surface area contributed by atoms with Gasteiger partial charge >= 0.3 is 5.69 Å². The molecular formula is C16H14ClN3O5. The first kappa shape index (κ1) is 18.2. The number of hydrogen-bond acceptors (Lipinski definition) is 6. The lowest BCUT2D eigenvalue weighted by atomic mass is 10.2. The van der Waals surface area contributed by atoms with Crippen LogP contribution in [-0.4, -0.2) is 28.8 Å². The molecule has 130 valence electrons.